The van der Waals surface area contributed by atoms with Crippen molar-refractivity contribution in [2.45, 2.75) is 52.0 Å². The number of carbonyl (C=O) groups excluding carboxylic acids is 1. The van der Waals surface area contributed by atoms with Crippen molar-refractivity contribution in [2.75, 3.05) is 6.54 Å². The molecule has 1 aliphatic heterocycles. The Balaban J connectivity index is 1.58. The molecule has 0 aromatic carbocycles. The molecule has 1 saturated heterocycles. The van der Waals surface area contributed by atoms with Crippen LogP contribution in [0.15, 0.2) is 27.1 Å². The number of H-pyrrole nitrogens is 1. The predicted molar refractivity (Wildman–Crippen MR) is 97.0 cm³/mol. The van der Waals surface area contributed by atoms with Crippen molar-refractivity contribution in [1.29, 1.82) is 0 Å². The molecule has 1 amide bonds. The van der Waals surface area contributed by atoms with Gasteiger partial charge in [0.1, 0.15) is 17.5 Å². The van der Waals surface area contributed by atoms with Crippen LogP contribution in [-0.2, 0) is 0 Å². The minimum absolute atomic E-state index is 0.144. The fraction of sp³-hybridized carbons (Fsp3) is 0.474. The smallest absolute Gasteiger partial charge is 0.275 e. The molecule has 0 saturated carbocycles. The maximum atomic E-state index is 13.1. The Labute approximate surface area is 156 Å². The third-order valence-corrected chi connectivity index (χ3v) is 4.83. The molecule has 27 heavy (non-hydrogen) atoms. The van der Waals surface area contributed by atoms with Crippen LogP contribution < -0.4 is 0 Å². The van der Waals surface area contributed by atoms with E-state index in [4.69, 9.17) is 8.94 Å². The molecule has 8 heteroatoms. The minimum atomic E-state index is -0.211. The van der Waals surface area contributed by atoms with Crippen molar-refractivity contribution in [3.63, 3.8) is 0 Å². The van der Waals surface area contributed by atoms with Gasteiger partial charge in [-0.1, -0.05) is 19.0 Å². The molecule has 0 aliphatic carbocycles. The summed E-state index contributed by atoms with van der Waals surface area (Å²) in [5.41, 5.74) is 1.04. The minimum Gasteiger partial charge on any atom is -0.460 e. The SMILES string of the molecule is Cc1ccc(-c2cc(C(=O)N3CCCCC3c3nc(C(C)C)no3)n[nH]2)o1. The fourth-order valence-electron chi connectivity index (χ4n) is 3.33. The van der Waals surface area contributed by atoms with Gasteiger partial charge in [-0.05, 0) is 38.3 Å². The van der Waals surface area contributed by atoms with E-state index < -0.39 is 0 Å². The molecule has 1 unspecified atom stereocenters. The van der Waals surface area contributed by atoms with Crippen molar-refractivity contribution in [1.82, 2.24) is 25.2 Å². The Morgan fingerprint density at radius 2 is 2.19 bits per heavy atom. The summed E-state index contributed by atoms with van der Waals surface area (Å²) < 4.78 is 11.1. The van der Waals surface area contributed by atoms with E-state index in [0.717, 1.165) is 25.0 Å². The van der Waals surface area contributed by atoms with Gasteiger partial charge in [-0.2, -0.15) is 10.1 Å². The van der Waals surface area contributed by atoms with E-state index in [1.165, 1.54) is 0 Å². The maximum absolute atomic E-state index is 13.1. The first-order valence-corrected chi connectivity index (χ1v) is 9.29. The number of rotatable bonds is 4. The molecule has 4 rings (SSSR count). The molecule has 3 aromatic rings. The number of hydrogen-bond acceptors (Lipinski definition) is 6. The molecular weight excluding hydrogens is 346 g/mol. The van der Waals surface area contributed by atoms with Gasteiger partial charge in [0.25, 0.3) is 5.91 Å². The van der Waals surface area contributed by atoms with Crippen LogP contribution in [0.1, 0.15) is 73.0 Å². The zero-order chi connectivity index (χ0) is 19.0. The number of nitrogens with one attached hydrogen (secondary N) is 1. The number of amides is 1. The molecular formula is C19H23N5O3. The Morgan fingerprint density at radius 3 is 2.89 bits per heavy atom. The molecule has 1 fully saturated rings. The van der Waals surface area contributed by atoms with Crippen molar-refractivity contribution in [3.05, 3.63) is 41.4 Å². The molecule has 0 spiro atoms. The number of likely N-dealkylation sites (tertiary alicyclic amines) is 1. The number of piperidine rings is 1. The van der Waals surface area contributed by atoms with Crippen molar-refractivity contribution in [3.8, 4) is 11.5 Å². The number of hydrogen-bond donors (Lipinski definition) is 1. The van der Waals surface area contributed by atoms with Crippen molar-refractivity contribution < 1.29 is 13.7 Å². The number of nitrogens with zero attached hydrogens (tertiary/aromatic N) is 4. The molecule has 3 aromatic heterocycles. The molecule has 4 heterocycles. The second kappa shape index (κ2) is 7.02. The van der Waals surface area contributed by atoms with Crippen LogP contribution in [0.5, 0.6) is 0 Å². The molecule has 0 radical (unpaired) electrons. The quantitative estimate of drug-likeness (QED) is 0.749. The largest absolute Gasteiger partial charge is 0.460 e. The third kappa shape index (κ3) is 3.39. The summed E-state index contributed by atoms with van der Waals surface area (Å²) in [6, 6.07) is 5.24. The van der Waals surface area contributed by atoms with Gasteiger partial charge in [-0.15, -0.1) is 0 Å². The van der Waals surface area contributed by atoms with Gasteiger partial charge >= 0.3 is 0 Å². The average molecular weight is 369 g/mol. The highest BCUT2D eigenvalue weighted by atomic mass is 16.5. The Morgan fingerprint density at radius 1 is 1.33 bits per heavy atom. The lowest BCUT2D eigenvalue weighted by atomic mass is 10.0. The van der Waals surface area contributed by atoms with Gasteiger partial charge in [0.15, 0.2) is 17.3 Å². The van der Waals surface area contributed by atoms with E-state index in [-0.39, 0.29) is 17.9 Å². The summed E-state index contributed by atoms with van der Waals surface area (Å²) >= 11 is 0. The highest BCUT2D eigenvalue weighted by Crippen LogP contribution is 2.32. The van der Waals surface area contributed by atoms with Crippen LogP contribution in [0.25, 0.3) is 11.5 Å². The average Bonchev–Trinajstić information content (AvgIpc) is 3.41. The van der Waals surface area contributed by atoms with Gasteiger partial charge in [0.05, 0.1) is 0 Å². The van der Waals surface area contributed by atoms with Crippen LogP contribution in [0, 0.1) is 6.92 Å². The van der Waals surface area contributed by atoms with Gasteiger partial charge in [0.2, 0.25) is 5.89 Å². The lowest BCUT2D eigenvalue weighted by molar-refractivity contribution is 0.0555. The van der Waals surface area contributed by atoms with Crippen LogP contribution >= 0.6 is 0 Å². The van der Waals surface area contributed by atoms with Gasteiger partial charge in [-0.3, -0.25) is 9.89 Å². The second-order valence-electron chi connectivity index (χ2n) is 7.23. The molecule has 1 aliphatic rings. The first-order chi connectivity index (χ1) is 13.0. The van der Waals surface area contributed by atoms with E-state index in [1.54, 1.807) is 11.0 Å². The third-order valence-electron chi connectivity index (χ3n) is 4.83. The van der Waals surface area contributed by atoms with E-state index in [0.29, 0.717) is 35.4 Å². The van der Waals surface area contributed by atoms with E-state index in [2.05, 4.69) is 20.3 Å². The normalized spacial score (nSPS) is 17.6. The van der Waals surface area contributed by atoms with E-state index >= 15 is 0 Å². The summed E-state index contributed by atoms with van der Waals surface area (Å²) in [7, 11) is 0. The Kier molecular flexibility index (Phi) is 4.55. The summed E-state index contributed by atoms with van der Waals surface area (Å²) in [5, 5.41) is 11.1. The van der Waals surface area contributed by atoms with E-state index in [1.807, 2.05) is 32.9 Å². The Bertz CT molecular complexity index is 939. The maximum Gasteiger partial charge on any atom is 0.275 e. The summed E-state index contributed by atoms with van der Waals surface area (Å²) in [5.74, 6) is 2.67. The number of carbonyl (C=O) groups is 1. The second-order valence-corrected chi connectivity index (χ2v) is 7.23. The number of aromatic amines is 1. The highest BCUT2D eigenvalue weighted by molar-refractivity contribution is 5.93. The molecule has 8 nitrogen and oxygen atoms in total. The molecule has 142 valence electrons. The first kappa shape index (κ1) is 17.5. The summed E-state index contributed by atoms with van der Waals surface area (Å²) in [6.45, 7) is 6.55. The fourth-order valence-corrected chi connectivity index (χ4v) is 3.33. The van der Waals surface area contributed by atoms with Crippen molar-refractivity contribution in [2.24, 2.45) is 0 Å². The van der Waals surface area contributed by atoms with E-state index in [9.17, 15) is 4.79 Å². The van der Waals surface area contributed by atoms with Crippen LogP contribution in [0.2, 0.25) is 0 Å². The first-order valence-electron chi connectivity index (χ1n) is 9.29. The van der Waals surface area contributed by atoms with Gasteiger partial charge < -0.3 is 13.8 Å². The summed E-state index contributed by atoms with van der Waals surface area (Å²) in [4.78, 5) is 19.4. The lowest BCUT2D eigenvalue weighted by Crippen LogP contribution is -2.38. The number of aryl methyl sites for hydroxylation is 1. The van der Waals surface area contributed by atoms with Gasteiger partial charge in [-0.25, -0.2) is 0 Å². The zero-order valence-corrected chi connectivity index (χ0v) is 15.7. The van der Waals surface area contributed by atoms with Crippen molar-refractivity contribution >= 4 is 5.91 Å². The highest BCUT2D eigenvalue weighted by Gasteiger charge is 2.34. The topological polar surface area (TPSA) is 101 Å². The monoisotopic (exact) mass is 369 g/mol. The number of furan rings is 1. The molecule has 1 N–H and O–H groups in total. The Hall–Kier alpha value is -2.90. The summed E-state index contributed by atoms with van der Waals surface area (Å²) in [6.07, 6.45) is 2.77. The molecule has 1 atom stereocenters. The van der Waals surface area contributed by atoms with Crippen LogP contribution in [0.4, 0.5) is 0 Å². The lowest BCUT2D eigenvalue weighted by Gasteiger charge is -2.32. The number of aromatic nitrogens is 4. The predicted octanol–water partition coefficient (Wildman–Crippen LogP) is 3.85. The molecule has 0 bridgehead atoms. The standard InChI is InChI=1S/C19H23N5O3/c1-11(2)17-20-18(27-23-17)15-6-4-5-9-24(15)19(25)14-10-13(21-22-14)16-8-7-12(3)26-16/h7-8,10-11,15H,4-6,9H2,1-3H3,(H,21,22). The van der Waals surface area contributed by atoms with Crippen LogP contribution in [-0.4, -0.2) is 37.7 Å². The van der Waals surface area contributed by atoms with Gasteiger partial charge in [0, 0.05) is 18.5 Å². The van der Waals surface area contributed by atoms with Crippen LogP contribution in [0.3, 0.4) is 0 Å². The zero-order valence-electron chi connectivity index (χ0n) is 15.7.